The van der Waals surface area contributed by atoms with Crippen molar-refractivity contribution >= 4 is 29.8 Å². The van der Waals surface area contributed by atoms with Gasteiger partial charge in [-0.25, -0.2) is 0 Å². The van der Waals surface area contributed by atoms with Crippen LogP contribution in [0.25, 0.3) is 0 Å². The van der Waals surface area contributed by atoms with Crippen molar-refractivity contribution in [1.82, 2.24) is 0 Å². The molecule has 7 heavy (non-hydrogen) atoms. The summed E-state index contributed by atoms with van der Waals surface area (Å²) in [7, 11) is -0.716. The fraction of sp³-hybridized carbons (Fsp3) is 1.00. The van der Waals surface area contributed by atoms with Gasteiger partial charge in [-0.15, -0.1) is 15.3 Å². The lowest BCUT2D eigenvalue weighted by molar-refractivity contribution is 1.84. The highest BCUT2D eigenvalue weighted by atomic mass is 79.9. The van der Waals surface area contributed by atoms with Gasteiger partial charge in [-0.05, 0) is 0 Å². The van der Waals surface area contributed by atoms with Crippen molar-refractivity contribution in [2.24, 2.45) is 0 Å². The van der Waals surface area contributed by atoms with Gasteiger partial charge in [-0.1, -0.05) is 26.2 Å². The first kappa shape index (κ1) is 7.91. The zero-order valence-electron chi connectivity index (χ0n) is 5.38. The fourth-order valence-corrected chi connectivity index (χ4v) is 0. The zero-order valence-corrected chi connectivity index (χ0v) is 8.96. The van der Waals surface area contributed by atoms with Gasteiger partial charge in [0.1, 0.15) is 6.93 Å². The molecule has 0 aromatic rings. The van der Waals surface area contributed by atoms with Gasteiger partial charge in [-0.3, -0.25) is 0 Å². The minimum absolute atomic E-state index is 0.0988. The summed E-state index contributed by atoms with van der Waals surface area (Å²) in [5.41, 5.74) is 0. The second kappa shape index (κ2) is 2.46. The summed E-state index contributed by atoms with van der Waals surface area (Å²) in [5, 5.41) is 0. The summed E-state index contributed by atoms with van der Waals surface area (Å²) < 4.78 is 0. The molecule has 0 bridgehead atoms. The molecule has 0 spiro atoms. The maximum atomic E-state index is 3.66. The Labute approximate surface area is 56.3 Å². The molecule has 1 radical (unpaired) electrons. The normalized spacial score (nSPS) is 12.9. The van der Waals surface area contributed by atoms with Crippen LogP contribution >= 0.6 is 15.3 Å². The van der Waals surface area contributed by atoms with E-state index < -0.39 is 7.59 Å². The summed E-state index contributed by atoms with van der Waals surface area (Å²) in [6.07, 6.45) is 0. The van der Waals surface area contributed by atoms with Crippen molar-refractivity contribution in [2.75, 3.05) is 0 Å². The molecular formula is C4H12BrSi2. The van der Waals surface area contributed by atoms with Crippen LogP contribution in [0.3, 0.4) is 0 Å². The van der Waals surface area contributed by atoms with Crippen molar-refractivity contribution < 1.29 is 0 Å². The molecule has 0 aliphatic carbocycles. The maximum Gasteiger partial charge on any atom is 0.121 e. The molecule has 3 heteroatoms. The lowest BCUT2D eigenvalue weighted by atomic mass is 11.8. The first-order valence-electron chi connectivity index (χ1n) is 2.44. The number of hydrogen-bond acceptors (Lipinski definition) is 0. The largest absolute Gasteiger partial charge is 0.133 e. The standard InChI is InChI=1S/C4H12BrSi2/c1-6(5)7(2,3)4/h1-4H3. The molecule has 0 fully saturated rings. The van der Waals surface area contributed by atoms with E-state index in [0.29, 0.717) is 0 Å². The molecule has 0 aromatic heterocycles. The van der Waals surface area contributed by atoms with Gasteiger partial charge >= 0.3 is 0 Å². The summed E-state index contributed by atoms with van der Waals surface area (Å²) in [5.74, 6) is 0. The zero-order chi connectivity index (χ0) is 6.08. The highest BCUT2D eigenvalue weighted by molar-refractivity contribution is 9.26. The molecule has 0 aromatic carbocycles. The van der Waals surface area contributed by atoms with Gasteiger partial charge in [-0.2, -0.15) is 0 Å². The predicted molar refractivity (Wildman–Crippen MR) is 43.9 cm³/mol. The molecule has 0 nitrogen and oxygen atoms in total. The van der Waals surface area contributed by atoms with Crippen LogP contribution in [0, 0.1) is 0 Å². The van der Waals surface area contributed by atoms with Gasteiger partial charge in [0, 0.05) is 7.59 Å². The Morgan fingerprint density at radius 1 is 1.29 bits per heavy atom. The topological polar surface area (TPSA) is 0 Å². The first-order valence-corrected chi connectivity index (χ1v) is 11.2. The van der Waals surface area contributed by atoms with Gasteiger partial charge in [0.15, 0.2) is 0 Å². The molecule has 0 unspecified atom stereocenters. The summed E-state index contributed by atoms with van der Waals surface area (Å²) in [4.78, 5) is 0. The Hall–Kier alpha value is 0.914. The Morgan fingerprint density at radius 3 is 1.43 bits per heavy atom. The van der Waals surface area contributed by atoms with E-state index in [-0.39, 0.29) is 6.93 Å². The minimum Gasteiger partial charge on any atom is -0.133 e. The van der Waals surface area contributed by atoms with Crippen molar-refractivity contribution in [3.63, 3.8) is 0 Å². The van der Waals surface area contributed by atoms with Gasteiger partial charge in [0.05, 0.1) is 0 Å². The lowest BCUT2D eigenvalue weighted by Crippen LogP contribution is -2.34. The molecule has 0 aliphatic heterocycles. The highest BCUT2D eigenvalue weighted by Crippen LogP contribution is 2.10. The van der Waals surface area contributed by atoms with E-state index in [9.17, 15) is 0 Å². The smallest absolute Gasteiger partial charge is 0.121 e. The van der Waals surface area contributed by atoms with E-state index in [1.807, 2.05) is 0 Å². The van der Waals surface area contributed by atoms with E-state index >= 15 is 0 Å². The van der Waals surface area contributed by atoms with E-state index in [0.717, 1.165) is 0 Å². The lowest BCUT2D eigenvalue weighted by Gasteiger charge is -2.15. The van der Waals surface area contributed by atoms with Crippen LogP contribution in [0.15, 0.2) is 0 Å². The van der Waals surface area contributed by atoms with Crippen LogP contribution in [0.5, 0.6) is 0 Å². The molecule has 0 saturated heterocycles. The second-order valence-electron chi connectivity index (χ2n) is 2.78. The Morgan fingerprint density at radius 2 is 1.43 bits per heavy atom. The Kier molecular flexibility index (Phi) is 2.78. The third kappa shape index (κ3) is 3.49. The maximum absolute atomic E-state index is 3.66. The third-order valence-corrected chi connectivity index (χ3v) is 20.0. The number of hydrogen-bond donors (Lipinski definition) is 0. The summed E-state index contributed by atoms with van der Waals surface area (Å²) in [6.45, 7) is 9.43. The van der Waals surface area contributed by atoms with Gasteiger partial charge < -0.3 is 0 Å². The molecule has 0 heterocycles. The molecule has 0 amide bonds. The van der Waals surface area contributed by atoms with Crippen molar-refractivity contribution in [1.29, 1.82) is 0 Å². The van der Waals surface area contributed by atoms with Crippen molar-refractivity contribution in [2.45, 2.75) is 26.2 Å². The van der Waals surface area contributed by atoms with Crippen LogP contribution in [0.2, 0.25) is 26.2 Å². The van der Waals surface area contributed by atoms with E-state index in [2.05, 4.69) is 41.5 Å². The molecular weight excluding hydrogens is 184 g/mol. The molecule has 0 aliphatic rings. The van der Waals surface area contributed by atoms with Crippen LogP contribution in [-0.2, 0) is 0 Å². The van der Waals surface area contributed by atoms with Crippen LogP contribution in [0.1, 0.15) is 0 Å². The Balaban J connectivity index is 3.54. The second-order valence-corrected chi connectivity index (χ2v) is 20.9. The van der Waals surface area contributed by atoms with Crippen molar-refractivity contribution in [3.8, 4) is 0 Å². The van der Waals surface area contributed by atoms with E-state index in [1.165, 1.54) is 0 Å². The summed E-state index contributed by atoms with van der Waals surface area (Å²) >= 11 is 3.66. The number of rotatable bonds is 1. The van der Waals surface area contributed by atoms with Crippen LogP contribution < -0.4 is 0 Å². The minimum atomic E-state index is -0.716. The Bertz CT molecular complexity index is 55.2. The average molecular weight is 196 g/mol. The molecule has 0 saturated carbocycles. The predicted octanol–water partition coefficient (Wildman–Crippen LogP) is 2.42. The molecule has 0 N–H and O–H groups in total. The first-order chi connectivity index (χ1) is 2.94. The quantitative estimate of drug-likeness (QED) is 0.446. The van der Waals surface area contributed by atoms with Crippen LogP contribution in [0.4, 0.5) is 0 Å². The third-order valence-electron chi connectivity index (χ3n) is 1.03. The summed E-state index contributed by atoms with van der Waals surface area (Å²) in [6, 6.07) is 0. The van der Waals surface area contributed by atoms with Gasteiger partial charge in [0.25, 0.3) is 0 Å². The highest BCUT2D eigenvalue weighted by Gasteiger charge is 2.20. The average Bonchev–Trinajstić information content (AvgIpc) is 1.31. The number of halogens is 1. The van der Waals surface area contributed by atoms with Gasteiger partial charge in [0.2, 0.25) is 0 Å². The van der Waals surface area contributed by atoms with Crippen LogP contribution in [-0.4, -0.2) is 14.5 Å². The molecule has 43 valence electrons. The SMILES string of the molecule is C[Si](Br)[Si](C)(C)C. The van der Waals surface area contributed by atoms with Crippen molar-refractivity contribution in [3.05, 3.63) is 0 Å². The molecule has 0 rings (SSSR count). The fourth-order valence-electron chi connectivity index (χ4n) is 0. The monoisotopic (exact) mass is 195 g/mol. The van der Waals surface area contributed by atoms with E-state index in [4.69, 9.17) is 0 Å². The molecule has 0 atom stereocenters. The van der Waals surface area contributed by atoms with E-state index in [1.54, 1.807) is 0 Å².